The number of hydrogen-bond acceptors (Lipinski definition) is 19. The van der Waals surface area contributed by atoms with Crippen molar-refractivity contribution in [2.75, 3.05) is 46.2 Å². The molecule has 22 heteroatoms. The number of esters is 6. The molecule has 3 unspecified atom stereocenters. The van der Waals surface area contributed by atoms with E-state index in [1.165, 1.54) is 13.8 Å². The van der Waals surface area contributed by atoms with E-state index in [4.69, 9.17) is 28.4 Å². The number of hydrogen-bond donors (Lipinski definition) is 4. The van der Waals surface area contributed by atoms with Crippen LogP contribution < -0.4 is 17.1 Å². The standard InChI is InChI=1S/C32H45N3O19/c1-19(2)28(44)51-11-9-49-24(40)5-7-26(42)53-17-22(38)14-34-30(46)33(13-21(37)16-36)31(47)35(32(34)48)15-23(39)18-54-27(43)8-6-25(41)50-10-12-52-29(45)20(3)4/h21-23,36-39H,1,3,5-18H2,2,4H3. The Morgan fingerprint density at radius 2 is 0.796 bits per heavy atom. The highest BCUT2D eigenvalue weighted by molar-refractivity contribution is 5.87. The molecule has 1 rings (SSSR count). The van der Waals surface area contributed by atoms with Gasteiger partial charge in [-0.3, -0.25) is 19.2 Å². The maximum absolute atomic E-state index is 13.2. The molecule has 0 amide bonds. The summed E-state index contributed by atoms with van der Waals surface area (Å²) in [5.74, 6) is -4.96. The van der Waals surface area contributed by atoms with E-state index >= 15 is 0 Å². The molecule has 3 atom stereocenters. The quantitative estimate of drug-likeness (QED) is 0.0320. The molecule has 0 spiro atoms. The smallest absolute Gasteiger partial charge is 0.336 e. The summed E-state index contributed by atoms with van der Waals surface area (Å²) in [6.07, 6.45) is -6.98. The fraction of sp³-hybridized carbons (Fsp3) is 0.594. The summed E-state index contributed by atoms with van der Waals surface area (Å²) in [4.78, 5) is 110. The maximum Gasteiger partial charge on any atom is 0.336 e. The van der Waals surface area contributed by atoms with Gasteiger partial charge in [0.15, 0.2) is 0 Å². The van der Waals surface area contributed by atoms with Gasteiger partial charge in [-0.1, -0.05) is 13.2 Å². The Bertz CT molecular complexity index is 1580. The Morgan fingerprint density at radius 1 is 0.519 bits per heavy atom. The van der Waals surface area contributed by atoms with Crippen LogP contribution in [0.2, 0.25) is 0 Å². The van der Waals surface area contributed by atoms with Crippen LogP contribution in [0, 0.1) is 0 Å². The number of aliphatic hydroxyl groups is 4. The van der Waals surface area contributed by atoms with Crippen molar-refractivity contribution < 1.29 is 77.6 Å². The molecule has 0 radical (unpaired) electrons. The normalized spacial score (nSPS) is 12.4. The predicted molar refractivity (Wildman–Crippen MR) is 178 cm³/mol. The van der Waals surface area contributed by atoms with E-state index in [1.54, 1.807) is 0 Å². The van der Waals surface area contributed by atoms with Gasteiger partial charge in [0, 0.05) is 11.1 Å². The fourth-order valence-electron chi connectivity index (χ4n) is 3.85. The van der Waals surface area contributed by atoms with Gasteiger partial charge in [-0.05, 0) is 13.8 Å². The monoisotopic (exact) mass is 775 g/mol. The summed E-state index contributed by atoms with van der Waals surface area (Å²) < 4.78 is 29.9. The highest BCUT2D eigenvalue weighted by Gasteiger charge is 2.23. The Morgan fingerprint density at radius 3 is 1.09 bits per heavy atom. The third kappa shape index (κ3) is 17.4. The van der Waals surface area contributed by atoms with Gasteiger partial charge in [0.1, 0.15) is 51.8 Å². The van der Waals surface area contributed by atoms with E-state index in [2.05, 4.69) is 13.2 Å². The summed E-state index contributed by atoms with van der Waals surface area (Å²) in [7, 11) is 0. The molecule has 0 fully saturated rings. The molecule has 0 aliphatic heterocycles. The molecule has 0 aromatic carbocycles. The molecule has 0 saturated carbocycles. The lowest BCUT2D eigenvalue weighted by Gasteiger charge is -2.19. The molecule has 0 aliphatic carbocycles. The minimum Gasteiger partial charge on any atom is -0.463 e. The van der Waals surface area contributed by atoms with Gasteiger partial charge in [0.25, 0.3) is 0 Å². The highest BCUT2D eigenvalue weighted by Crippen LogP contribution is 2.01. The third-order valence-electron chi connectivity index (χ3n) is 6.57. The number of ether oxygens (including phenoxy) is 6. The number of rotatable bonds is 25. The lowest BCUT2D eigenvalue weighted by molar-refractivity contribution is -0.154. The lowest BCUT2D eigenvalue weighted by Crippen LogP contribution is -2.57. The SMILES string of the molecule is C=C(C)C(=O)OCCOC(=O)CCC(=O)OCC(O)Cn1c(=O)n(CC(O)CO)c(=O)n(CC(O)COC(=O)CCC(=O)OCCOC(=O)C(=C)C)c1=O. The van der Waals surface area contributed by atoms with Gasteiger partial charge < -0.3 is 48.8 Å². The molecule has 1 aromatic rings. The van der Waals surface area contributed by atoms with Crippen molar-refractivity contribution >= 4 is 35.8 Å². The number of aromatic nitrogens is 3. The summed E-state index contributed by atoms with van der Waals surface area (Å²) in [5.41, 5.74) is -3.73. The summed E-state index contributed by atoms with van der Waals surface area (Å²) >= 11 is 0. The minimum atomic E-state index is -1.74. The molecule has 0 aliphatic rings. The van der Waals surface area contributed by atoms with Crippen molar-refractivity contribution in [2.45, 2.75) is 77.5 Å². The van der Waals surface area contributed by atoms with Gasteiger partial charge in [0.2, 0.25) is 0 Å². The number of carbonyl (C=O) groups excluding carboxylic acids is 6. The van der Waals surface area contributed by atoms with Crippen molar-refractivity contribution in [2.24, 2.45) is 0 Å². The molecular weight excluding hydrogens is 730 g/mol. The van der Waals surface area contributed by atoms with Crippen molar-refractivity contribution in [1.29, 1.82) is 0 Å². The Labute approximate surface area is 306 Å². The van der Waals surface area contributed by atoms with Crippen LogP contribution in [-0.4, -0.2) is 135 Å². The number of nitrogens with zero attached hydrogens (tertiary/aromatic N) is 3. The van der Waals surface area contributed by atoms with E-state index < -0.39 is 136 Å². The summed E-state index contributed by atoms with van der Waals surface area (Å²) in [6, 6.07) is 0. The Hall–Kier alpha value is -5.45. The molecule has 54 heavy (non-hydrogen) atoms. The van der Waals surface area contributed by atoms with E-state index in [9.17, 15) is 63.6 Å². The van der Waals surface area contributed by atoms with E-state index in [0.29, 0.717) is 13.7 Å². The van der Waals surface area contributed by atoms with Crippen molar-refractivity contribution in [3.8, 4) is 0 Å². The van der Waals surface area contributed by atoms with E-state index in [0.717, 1.165) is 0 Å². The van der Waals surface area contributed by atoms with Crippen molar-refractivity contribution in [3.63, 3.8) is 0 Å². The predicted octanol–water partition coefficient (Wildman–Crippen LogP) is -3.78. The molecule has 1 heterocycles. The van der Waals surface area contributed by atoms with Gasteiger partial charge in [-0.2, -0.15) is 0 Å². The van der Waals surface area contributed by atoms with E-state index in [1.807, 2.05) is 0 Å². The molecule has 0 saturated heterocycles. The van der Waals surface area contributed by atoms with Crippen LogP contribution in [0.5, 0.6) is 0 Å². The molecule has 1 aromatic heterocycles. The van der Waals surface area contributed by atoms with Gasteiger partial charge in [-0.25, -0.2) is 37.7 Å². The third-order valence-corrected chi connectivity index (χ3v) is 6.57. The zero-order chi connectivity index (χ0) is 41.0. The largest absolute Gasteiger partial charge is 0.463 e. The summed E-state index contributed by atoms with van der Waals surface area (Å²) in [5, 5.41) is 40.0. The van der Waals surface area contributed by atoms with E-state index in [-0.39, 0.29) is 37.6 Å². The minimum absolute atomic E-state index is 0.147. The Balaban J connectivity index is 2.81. The second-order valence-corrected chi connectivity index (χ2v) is 11.5. The topological polar surface area (TPSA) is 305 Å². The molecule has 302 valence electrons. The van der Waals surface area contributed by atoms with Gasteiger partial charge in [0.05, 0.1) is 58.0 Å². The first-order valence-electron chi connectivity index (χ1n) is 16.2. The first kappa shape index (κ1) is 46.6. The molecule has 22 nitrogen and oxygen atoms in total. The van der Waals surface area contributed by atoms with Gasteiger partial charge in [-0.15, -0.1) is 0 Å². The van der Waals surface area contributed by atoms with Crippen LogP contribution in [0.25, 0.3) is 0 Å². The highest BCUT2D eigenvalue weighted by atomic mass is 16.6. The summed E-state index contributed by atoms with van der Waals surface area (Å²) in [6.45, 7) is 3.55. The first-order chi connectivity index (χ1) is 25.4. The number of carbonyl (C=O) groups is 6. The van der Waals surface area contributed by atoms with Crippen molar-refractivity contribution in [3.05, 3.63) is 55.8 Å². The maximum atomic E-state index is 13.2. The first-order valence-corrected chi connectivity index (χ1v) is 16.2. The second-order valence-electron chi connectivity index (χ2n) is 11.5. The van der Waals surface area contributed by atoms with Crippen LogP contribution in [0.3, 0.4) is 0 Å². The zero-order valence-corrected chi connectivity index (χ0v) is 29.8. The average molecular weight is 776 g/mol. The van der Waals surface area contributed by atoms with Crippen LogP contribution in [0.1, 0.15) is 39.5 Å². The van der Waals surface area contributed by atoms with Crippen molar-refractivity contribution in [1.82, 2.24) is 13.7 Å². The zero-order valence-electron chi connectivity index (χ0n) is 29.8. The Kier molecular flexibility index (Phi) is 20.7. The number of aliphatic hydroxyl groups excluding tert-OH is 4. The van der Waals surface area contributed by atoms with Crippen LogP contribution in [-0.2, 0) is 76.8 Å². The molecular formula is C32H45N3O19. The molecule has 0 bridgehead atoms. The van der Waals surface area contributed by atoms with Crippen LogP contribution in [0.4, 0.5) is 0 Å². The van der Waals surface area contributed by atoms with Crippen LogP contribution >= 0.6 is 0 Å². The second kappa shape index (κ2) is 24.0. The van der Waals surface area contributed by atoms with Gasteiger partial charge >= 0.3 is 52.9 Å². The fourth-order valence-corrected chi connectivity index (χ4v) is 3.85. The lowest BCUT2D eigenvalue weighted by atomic mass is 10.3. The molecule has 4 N–H and O–H groups in total. The average Bonchev–Trinajstić information content (AvgIpc) is 3.13. The van der Waals surface area contributed by atoms with Crippen LogP contribution in [0.15, 0.2) is 38.7 Å².